The van der Waals surface area contributed by atoms with Crippen LogP contribution >= 0.6 is 0 Å². The van der Waals surface area contributed by atoms with Crippen LogP contribution in [0.3, 0.4) is 0 Å². The Balaban J connectivity index is 1.66. The number of hydrogen-bond acceptors (Lipinski definition) is 7. The molecule has 0 saturated heterocycles. The van der Waals surface area contributed by atoms with Crippen LogP contribution in [0.15, 0.2) is 48.8 Å². The number of halogens is 3. The van der Waals surface area contributed by atoms with E-state index in [1.165, 1.54) is 37.7 Å². The van der Waals surface area contributed by atoms with Gasteiger partial charge in [0.25, 0.3) is 11.8 Å². The summed E-state index contributed by atoms with van der Waals surface area (Å²) in [6.07, 6.45) is -1.27. The number of methoxy groups -OCH3 is 1. The first-order valence-corrected chi connectivity index (χ1v) is 10.7. The molecule has 4 rings (SSSR count). The van der Waals surface area contributed by atoms with Crippen molar-refractivity contribution in [1.29, 1.82) is 0 Å². The van der Waals surface area contributed by atoms with Crippen molar-refractivity contribution in [2.75, 3.05) is 12.4 Å². The summed E-state index contributed by atoms with van der Waals surface area (Å²) in [5.41, 5.74) is 6.23. The lowest BCUT2D eigenvalue weighted by atomic mass is 10.1. The molecule has 36 heavy (non-hydrogen) atoms. The minimum absolute atomic E-state index is 0.0358. The number of carbonyl (C=O) groups is 2. The Morgan fingerprint density at radius 2 is 1.83 bits per heavy atom. The number of pyridine rings is 2. The quantitative estimate of drug-likeness (QED) is 0.459. The van der Waals surface area contributed by atoms with Gasteiger partial charge in [-0.05, 0) is 36.6 Å². The zero-order chi connectivity index (χ0) is 26.0. The number of nitrogens with one attached hydrogen (secondary N) is 1. The van der Waals surface area contributed by atoms with Crippen LogP contribution in [0.25, 0.3) is 0 Å². The summed E-state index contributed by atoms with van der Waals surface area (Å²) in [7, 11) is 1.26. The number of ether oxygens (including phenoxy) is 3. The first kappa shape index (κ1) is 24.8. The van der Waals surface area contributed by atoms with Crippen molar-refractivity contribution in [1.82, 2.24) is 9.97 Å². The zero-order valence-electron chi connectivity index (χ0n) is 19.1. The lowest BCUT2D eigenvalue weighted by molar-refractivity contribution is -0.274. The van der Waals surface area contributed by atoms with E-state index in [1.807, 2.05) is 0 Å². The number of benzene rings is 1. The predicted octanol–water partition coefficient (Wildman–Crippen LogP) is 4.65. The van der Waals surface area contributed by atoms with Crippen molar-refractivity contribution in [2.24, 2.45) is 11.7 Å². The third kappa shape index (κ3) is 5.82. The minimum atomic E-state index is -4.87. The molecule has 2 atom stereocenters. The third-order valence-corrected chi connectivity index (χ3v) is 5.48. The van der Waals surface area contributed by atoms with E-state index in [1.54, 1.807) is 6.07 Å². The van der Waals surface area contributed by atoms with Crippen LogP contribution in [-0.4, -0.2) is 35.3 Å². The van der Waals surface area contributed by atoms with Crippen molar-refractivity contribution in [3.8, 4) is 23.0 Å². The Labute approximate surface area is 203 Å². The molecule has 0 bridgehead atoms. The number of rotatable bonds is 8. The number of hydrogen-bond donors (Lipinski definition) is 2. The first-order chi connectivity index (χ1) is 17.0. The number of carbonyl (C=O) groups excluding carboxylic acids is 2. The Kier molecular flexibility index (Phi) is 6.69. The molecule has 188 valence electrons. The predicted molar refractivity (Wildman–Crippen MR) is 121 cm³/mol. The molecule has 2 aromatic heterocycles. The second-order valence-electron chi connectivity index (χ2n) is 8.14. The smallest absolute Gasteiger partial charge is 0.493 e. The molecular formula is C24H21F3N4O5. The van der Waals surface area contributed by atoms with Gasteiger partial charge in [-0.3, -0.25) is 19.6 Å². The number of primary amides is 1. The SMILES string of the molecule is COc1cc(OC(F)(F)F)ccc1Oc1cc([C@H]2C[C@@H]2C)ncc1C(=O)Nc1ccnc(C(N)=O)c1. The molecule has 0 radical (unpaired) electrons. The van der Waals surface area contributed by atoms with Gasteiger partial charge in [-0.1, -0.05) is 6.92 Å². The molecule has 1 fully saturated rings. The lowest BCUT2D eigenvalue weighted by Crippen LogP contribution is -2.17. The highest BCUT2D eigenvalue weighted by molar-refractivity contribution is 6.06. The van der Waals surface area contributed by atoms with Crippen molar-refractivity contribution in [3.63, 3.8) is 0 Å². The minimum Gasteiger partial charge on any atom is -0.493 e. The zero-order valence-corrected chi connectivity index (χ0v) is 19.1. The van der Waals surface area contributed by atoms with Gasteiger partial charge in [0, 0.05) is 41.8 Å². The number of nitrogens with two attached hydrogens (primary N) is 1. The van der Waals surface area contributed by atoms with Gasteiger partial charge >= 0.3 is 6.36 Å². The number of aromatic nitrogens is 2. The number of nitrogens with zero attached hydrogens (tertiary/aromatic N) is 2. The molecule has 1 aliphatic rings. The Bertz CT molecular complexity index is 1320. The highest BCUT2D eigenvalue weighted by Gasteiger charge is 2.36. The van der Waals surface area contributed by atoms with Gasteiger partial charge in [-0.15, -0.1) is 13.2 Å². The normalized spacial score (nSPS) is 16.7. The summed E-state index contributed by atoms with van der Waals surface area (Å²) in [4.78, 5) is 32.7. The van der Waals surface area contributed by atoms with E-state index < -0.39 is 23.9 Å². The molecule has 1 saturated carbocycles. The summed E-state index contributed by atoms with van der Waals surface area (Å²) in [6.45, 7) is 2.07. The maximum atomic E-state index is 13.1. The fraction of sp³-hybridized carbons (Fsp3) is 0.250. The summed E-state index contributed by atoms with van der Waals surface area (Å²) < 4.78 is 52.8. The van der Waals surface area contributed by atoms with Gasteiger partial charge in [0.2, 0.25) is 0 Å². The fourth-order valence-corrected chi connectivity index (χ4v) is 3.53. The van der Waals surface area contributed by atoms with E-state index in [-0.39, 0.29) is 40.1 Å². The molecule has 0 unspecified atom stereocenters. The van der Waals surface area contributed by atoms with Gasteiger partial charge in [-0.25, -0.2) is 0 Å². The van der Waals surface area contributed by atoms with Gasteiger partial charge < -0.3 is 25.3 Å². The van der Waals surface area contributed by atoms with Crippen LogP contribution < -0.4 is 25.3 Å². The second-order valence-corrected chi connectivity index (χ2v) is 8.14. The fourth-order valence-electron chi connectivity index (χ4n) is 3.53. The standard InChI is InChI=1S/C24H21F3N4O5/c1-12-7-15(12)17-10-20(35-19-4-3-14(9-21(19)34-2)36-24(25,26)27)16(11-30-17)23(33)31-13-5-6-29-18(8-13)22(28)32/h3-6,8-12,15H,7H2,1-2H3,(H2,28,32)(H,29,31,33)/t12-,15-/m0/s1. The van der Waals surface area contributed by atoms with E-state index in [4.69, 9.17) is 15.2 Å². The summed E-state index contributed by atoms with van der Waals surface area (Å²) in [6, 6.07) is 7.74. The Hall–Kier alpha value is -4.35. The second kappa shape index (κ2) is 9.72. The molecule has 3 N–H and O–H groups in total. The first-order valence-electron chi connectivity index (χ1n) is 10.7. The van der Waals surface area contributed by atoms with Crippen LogP contribution in [0.1, 0.15) is 45.8 Å². The monoisotopic (exact) mass is 502 g/mol. The molecule has 9 nitrogen and oxygen atoms in total. The van der Waals surface area contributed by atoms with Crippen molar-refractivity contribution in [2.45, 2.75) is 25.6 Å². The van der Waals surface area contributed by atoms with Crippen molar-refractivity contribution >= 4 is 17.5 Å². The average Bonchev–Trinajstić information content (AvgIpc) is 3.55. The molecule has 0 spiro atoms. The highest BCUT2D eigenvalue weighted by Crippen LogP contribution is 2.47. The van der Waals surface area contributed by atoms with Crippen LogP contribution in [0.2, 0.25) is 0 Å². The summed E-state index contributed by atoms with van der Waals surface area (Å²) in [5, 5.41) is 2.63. The van der Waals surface area contributed by atoms with E-state index in [0.29, 0.717) is 11.6 Å². The molecule has 2 heterocycles. The summed E-state index contributed by atoms with van der Waals surface area (Å²) in [5.74, 6) is -1.10. The van der Waals surface area contributed by atoms with E-state index >= 15 is 0 Å². The van der Waals surface area contributed by atoms with Crippen LogP contribution in [0.5, 0.6) is 23.0 Å². The highest BCUT2D eigenvalue weighted by atomic mass is 19.4. The molecule has 2 amide bonds. The van der Waals surface area contributed by atoms with Crippen LogP contribution in [0.4, 0.5) is 18.9 Å². The van der Waals surface area contributed by atoms with Gasteiger partial charge in [-0.2, -0.15) is 0 Å². The Morgan fingerprint density at radius 3 is 2.47 bits per heavy atom. The van der Waals surface area contributed by atoms with Gasteiger partial charge in [0.1, 0.15) is 22.8 Å². The molecule has 1 aliphatic carbocycles. The van der Waals surface area contributed by atoms with Crippen LogP contribution in [0, 0.1) is 5.92 Å². The van der Waals surface area contributed by atoms with Crippen LogP contribution in [-0.2, 0) is 0 Å². The van der Waals surface area contributed by atoms with Crippen molar-refractivity contribution < 1.29 is 37.0 Å². The van der Waals surface area contributed by atoms with Gasteiger partial charge in [0.15, 0.2) is 11.5 Å². The largest absolute Gasteiger partial charge is 0.573 e. The molecule has 0 aliphatic heterocycles. The molecule has 12 heteroatoms. The number of alkyl halides is 3. The van der Waals surface area contributed by atoms with E-state index in [9.17, 15) is 22.8 Å². The maximum absolute atomic E-state index is 13.1. The molecular weight excluding hydrogens is 481 g/mol. The number of amides is 2. The lowest BCUT2D eigenvalue weighted by Gasteiger charge is -2.16. The topological polar surface area (TPSA) is 126 Å². The van der Waals surface area contributed by atoms with Crippen molar-refractivity contribution in [3.05, 3.63) is 65.7 Å². The number of anilines is 1. The van der Waals surface area contributed by atoms with Gasteiger partial charge in [0.05, 0.1) is 7.11 Å². The van der Waals surface area contributed by atoms with E-state index in [2.05, 4.69) is 26.9 Å². The maximum Gasteiger partial charge on any atom is 0.573 e. The Morgan fingerprint density at radius 1 is 1.08 bits per heavy atom. The molecule has 1 aromatic carbocycles. The third-order valence-electron chi connectivity index (χ3n) is 5.48. The molecule has 3 aromatic rings. The average molecular weight is 502 g/mol. The summed E-state index contributed by atoms with van der Waals surface area (Å²) >= 11 is 0. The van der Waals surface area contributed by atoms with E-state index in [0.717, 1.165) is 18.6 Å².